The molecule has 0 aliphatic carbocycles. The molecular formula is C20H25O2P. The van der Waals surface area contributed by atoms with Gasteiger partial charge >= 0.3 is 0 Å². The summed E-state index contributed by atoms with van der Waals surface area (Å²) >= 11 is 0. The molecule has 0 fully saturated rings. The minimum absolute atomic E-state index is 0.116. The zero-order valence-corrected chi connectivity index (χ0v) is 15.7. The average molecular weight is 328 g/mol. The van der Waals surface area contributed by atoms with Gasteiger partial charge in [0, 0.05) is 11.7 Å². The van der Waals surface area contributed by atoms with Gasteiger partial charge in [0.05, 0.1) is 0 Å². The first kappa shape index (κ1) is 17.8. The van der Waals surface area contributed by atoms with Gasteiger partial charge in [-0.15, -0.1) is 0 Å². The first-order chi connectivity index (χ1) is 10.7. The molecule has 1 unspecified atom stereocenters. The molecule has 0 bridgehead atoms. The highest BCUT2D eigenvalue weighted by Gasteiger charge is 2.23. The van der Waals surface area contributed by atoms with E-state index in [1.165, 1.54) is 5.56 Å². The first-order valence-corrected chi connectivity index (χ1v) is 9.34. The van der Waals surface area contributed by atoms with Crippen LogP contribution in [0.2, 0.25) is 0 Å². The number of hydrogen-bond acceptors (Lipinski definition) is 2. The summed E-state index contributed by atoms with van der Waals surface area (Å²) in [5.41, 5.74) is 8.22. The number of aryl methyl sites for hydroxylation is 6. The van der Waals surface area contributed by atoms with Crippen molar-refractivity contribution in [2.45, 2.75) is 47.7 Å². The van der Waals surface area contributed by atoms with E-state index in [0.29, 0.717) is 11.7 Å². The van der Waals surface area contributed by atoms with Crippen molar-refractivity contribution in [2.24, 2.45) is 0 Å². The molecule has 1 N–H and O–H groups in total. The summed E-state index contributed by atoms with van der Waals surface area (Å²) in [6.45, 7) is 12.1. The van der Waals surface area contributed by atoms with Gasteiger partial charge in [-0.25, -0.2) is 0 Å². The van der Waals surface area contributed by atoms with Crippen molar-refractivity contribution in [1.29, 1.82) is 0 Å². The van der Waals surface area contributed by atoms with Crippen LogP contribution in [0.4, 0.5) is 0 Å². The molecule has 23 heavy (non-hydrogen) atoms. The van der Waals surface area contributed by atoms with Crippen LogP contribution in [0.5, 0.6) is 0 Å². The van der Waals surface area contributed by atoms with Crippen LogP contribution in [0.3, 0.4) is 0 Å². The fraction of sp³-hybridized carbons (Fsp3) is 0.350. The van der Waals surface area contributed by atoms with E-state index in [9.17, 15) is 9.69 Å². The molecule has 0 radical (unpaired) electrons. The lowest BCUT2D eigenvalue weighted by Crippen LogP contribution is -2.06. The predicted molar refractivity (Wildman–Crippen MR) is 98.5 cm³/mol. The minimum Gasteiger partial charge on any atom is -0.365 e. The molecule has 0 saturated heterocycles. The summed E-state index contributed by atoms with van der Waals surface area (Å²) in [6, 6.07) is 8.23. The summed E-state index contributed by atoms with van der Waals surface area (Å²) in [5.74, 6) is 0. The third-order valence-electron chi connectivity index (χ3n) is 4.27. The Morgan fingerprint density at radius 1 is 0.826 bits per heavy atom. The van der Waals surface area contributed by atoms with Gasteiger partial charge in [0.25, 0.3) is 0 Å². The molecule has 3 heteroatoms. The number of hydrogen-bond donors (Lipinski definition) is 1. The summed E-state index contributed by atoms with van der Waals surface area (Å²) in [7, 11) is -1.72. The van der Waals surface area contributed by atoms with Crippen molar-refractivity contribution in [3.05, 3.63) is 68.8 Å². The Hall–Kier alpha value is -1.50. The van der Waals surface area contributed by atoms with E-state index in [1.54, 1.807) is 0 Å². The molecule has 0 heterocycles. The van der Waals surface area contributed by atoms with E-state index in [2.05, 4.69) is 19.1 Å². The van der Waals surface area contributed by atoms with E-state index in [0.717, 1.165) is 33.4 Å². The van der Waals surface area contributed by atoms with Crippen molar-refractivity contribution < 1.29 is 9.69 Å². The summed E-state index contributed by atoms with van der Waals surface area (Å²) < 4.78 is 0. The highest BCUT2D eigenvalue weighted by molar-refractivity contribution is 7.69. The Bertz CT molecular complexity index is 716. The Kier molecular flexibility index (Phi) is 5.39. The van der Waals surface area contributed by atoms with Crippen molar-refractivity contribution in [3.63, 3.8) is 0 Å². The van der Waals surface area contributed by atoms with Crippen molar-refractivity contribution >= 4 is 13.7 Å². The van der Waals surface area contributed by atoms with E-state index in [4.69, 9.17) is 0 Å². The molecule has 122 valence electrons. The second-order valence-corrected chi connectivity index (χ2v) is 8.04. The lowest BCUT2D eigenvalue weighted by atomic mass is 10.0. The lowest BCUT2D eigenvalue weighted by molar-refractivity contribution is 0.107. The van der Waals surface area contributed by atoms with Crippen LogP contribution >= 0.6 is 8.15 Å². The topological polar surface area (TPSA) is 37.3 Å². The molecule has 2 aromatic carbocycles. The standard InChI is InChI=1S/C20H25O2P/c1-12-7-14(3)18(15(4)8-12)11-23(22)20(21)19-16(5)9-13(2)10-17(19)6/h7-10,22H,11H2,1-6H3. The van der Waals surface area contributed by atoms with E-state index < -0.39 is 8.15 Å². The van der Waals surface area contributed by atoms with Crippen LogP contribution in [0.15, 0.2) is 24.3 Å². The van der Waals surface area contributed by atoms with Gasteiger partial charge in [0.1, 0.15) is 8.15 Å². The second-order valence-electron chi connectivity index (χ2n) is 6.51. The smallest absolute Gasteiger partial charge is 0.212 e. The van der Waals surface area contributed by atoms with Crippen LogP contribution in [0, 0.1) is 41.5 Å². The molecule has 0 saturated carbocycles. The van der Waals surface area contributed by atoms with E-state index >= 15 is 0 Å². The summed E-state index contributed by atoms with van der Waals surface area (Å²) in [4.78, 5) is 23.3. The Balaban J connectivity index is 2.32. The van der Waals surface area contributed by atoms with Crippen LogP contribution in [0.25, 0.3) is 0 Å². The van der Waals surface area contributed by atoms with Crippen LogP contribution in [0.1, 0.15) is 49.3 Å². The van der Waals surface area contributed by atoms with E-state index in [1.807, 2.05) is 46.8 Å². The Morgan fingerprint density at radius 2 is 1.22 bits per heavy atom. The molecule has 2 aromatic rings. The highest BCUT2D eigenvalue weighted by Crippen LogP contribution is 2.42. The minimum atomic E-state index is -1.72. The fourth-order valence-corrected chi connectivity index (χ4v) is 4.88. The number of carbonyl (C=O) groups is 1. The first-order valence-electron chi connectivity index (χ1n) is 7.86. The van der Waals surface area contributed by atoms with Crippen LogP contribution in [-0.2, 0) is 6.16 Å². The van der Waals surface area contributed by atoms with Crippen molar-refractivity contribution in [3.8, 4) is 0 Å². The number of rotatable bonds is 4. The highest BCUT2D eigenvalue weighted by atomic mass is 31.1. The lowest BCUT2D eigenvalue weighted by Gasteiger charge is -2.17. The van der Waals surface area contributed by atoms with Crippen molar-refractivity contribution in [2.75, 3.05) is 0 Å². The third kappa shape index (κ3) is 3.88. The molecule has 1 atom stereocenters. The molecular weight excluding hydrogens is 303 g/mol. The van der Waals surface area contributed by atoms with Crippen molar-refractivity contribution in [1.82, 2.24) is 0 Å². The molecule has 0 amide bonds. The molecule has 2 rings (SSSR count). The van der Waals surface area contributed by atoms with Gasteiger partial charge < -0.3 is 4.89 Å². The van der Waals surface area contributed by atoms with Gasteiger partial charge in [-0.1, -0.05) is 35.4 Å². The largest absolute Gasteiger partial charge is 0.365 e. The molecule has 0 spiro atoms. The van der Waals surface area contributed by atoms with Gasteiger partial charge in [0.2, 0.25) is 5.52 Å². The Labute approximate surface area is 140 Å². The van der Waals surface area contributed by atoms with Crippen LogP contribution in [-0.4, -0.2) is 10.4 Å². The second kappa shape index (κ2) is 6.95. The summed E-state index contributed by atoms with van der Waals surface area (Å²) in [5, 5.41) is 0. The average Bonchev–Trinajstić information content (AvgIpc) is 2.41. The van der Waals surface area contributed by atoms with Gasteiger partial charge in [0.15, 0.2) is 0 Å². The zero-order chi connectivity index (χ0) is 17.3. The maximum atomic E-state index is 12.8. The molecule has 0 aromatic heterocycles. The Morgan fingerprint density at radius 3 is 1.65 bits per heavy atom. The van der Waals surface area contributed by atoms with Gasteiger partial charge in [-0.3, -0.25) is 4.79 Å². The summed E-state index contributed by atoms with van der Waals surface area (Å²) in [6.07, 6.45) is 0.429. The third-order valence-corrected chi connectivity index (χ3v) is 5.58. The molecule has 2 nitrogen and oxygen atoms in total. The molecule has 0 aliphatic rings. The monoisotopic (exact) mass is 328 g/mol. The zero-order valence-electron chi connectivity index (χ0n) is 14.8. The fourth-order valence-electron chi connectivity index (χ4n) is 3.33. The molecule has 0 aliphatic heterocycles. The number of benzene rings is 2. The predicted octanol–water partition coefficient (Wildman–Crippen LogP) is 5.27. The van der Waals surface area contributed by atoms with Crippen LogP contribution < -0.4 is 0 Å². The quantitative estimate of drug-likeness (QED) is 0.777. The van der Waals surface area contributed by atoms with Gasteiger partial charge in [-0.05, 0) is 69.4 Å². The maximum absolute atomic E-state index is 12.8. The van der Waals surface area contributed by atoms with Gasteiger partial charge in [-0.2, -0.15) is 0 Å². The SMILES string of the molecule is Cc1cc(C)c(CP(O)C(=O)c2c(C)cc(C)cc2C)c(C)c1. The number of carbonyl (C=O) groups excluding carboxylic acids is 1. The maximum Gasteiger partial charge on any atom is 0.212 e. The van der Waals surface area contributed by atoms with E-state index in [-0.39, 0.29) is 5.52 Å². The normalized spacial score (nSPS) is 12.3.